The summed E-state index contributed by atoms with van der Waals surface area (Å²) in [6, 6.07) is 21.2. The highest BCUT2D eigenvalue weighted by Crippen LogP contribution is 1.94. The quantitative estimate of drug-likeness (QED) is 0.586. The topological polar surface area (TPSA) is 9.23 Å². The Morgan fingerprint density at radius 1 is 0.824 bits per heavy atom. The molecule has 0 saturated heterocycles. The van der Waals surface area contributed by atoms with Crippen LogP contribution in [0.1, 0.15) is 0 Å². The number of ether oxygens (including phenoxy) is 1. The van der Waals surface area contributed by atoms with Crippen LogP contribution in [0.2, 0.25) is 0 Å². The van der Waals surface area contributed by atoms with Gasteiger partial charge in [0.15, 0.2) is 0 Å². The fourth-order valence-electron chi connectivity index (χ4n) is 1.73. The van der Waals surface area contributed by atoms with E-state index in [-0.39, 0.29) is 0 Å². The highest BCUT2D eigenvalue weighted by molar-refractivity contribution is 6.89. The van der Waals surface area contributed by atoms with Crippen LogP contribution in [0, 0.1) is 0 Å². The summed E-state index contributed by atoms with van der Waals surface area (Å²) in [5.41, 5.74) is 2.18. The first-order valence-electron chi connectivity index (χ1n) is 5.59. The van der Waals surface area contributed by atoms with E-state index in [1.807, 2.05) is 12.1 Å². The Bertz CT molecular complexity index is 425. The SMILES string of the molecule is COC=C[Si](c1ccccc1)c1ccccc1. The maximum absolute atomic E-state index is 5.06. The van der Waals surface area contributed by atoms with Gasteiger partial charge >= 0.3 is 0 Å². The molecule has 1 nitrogen and oxygen atoms in total. The van der Waals surface area contributed by atoms with Crippen molar-refractivity contribution in [1.29, 1.82) is 0 Å². The third kappa shape index (κ3) is 3.08. The maximum Gasteiger partial charge on any atom is 0.150 e. The first kappa shape index (κ1) is 11.7. The van der Waals surface area contributed by atoms with Gasteiger partial charge in [-0.3, -0.25) is 0 Å². The highest BCUT2D eigenvalue weighted by Gasteiger charge is 2.12. The number of hydrogen-bond acceptors (Lipinski definition) is 1. The van der Waals surface area contributed by atoms with Gasteiger partial charge in [-0.25, -0.2) is 0 Å². The Morgan fingerprint density at radius 2 is 1.29 bits per heavy atom. The van der Waals surface area contributed by atoms with Gasteiger partial charge in [0.05, 0.1) is 13.4 Å². The van der Waals surface area contributed by atoms with Gasteiger partial charge in [-0.1, -0.05) is 76.7 Å². The molecule has 0 saturated carbocycles. The second kappa shape index (κ2) is 6.06. The monoisotopic (exact) mass is 239 g/mol. The summed E-state index contributed by atoms with van der Waals surface area (Å²) in [6.07, 6.45) is 1.79. The van der Waals surface area contributed by atoms with Crippen LogP contribution in [0.25, 0.3) is 0 Å². The van der Waals surface area contributed by atoms with Gasteiger partial charge in [0.25, 0.3) is 0 Å². The average molecular weight is 239 g/mol. The zero-order valence-corrected chi connectivity index (χ0v) is 10.8. The number of hydrogen-bond donors (Lipinski definition) is 0. The summed E-state index contributed by atoms with van der Waals surface area (Å²) in [5, 5.41) is 2.74. The molecular weight excluding hydrogens is 224 g/mol. The van der Waals surface area contributed by atoms with Crippen LogP contribution in [0.5, 0.6) is 0 Å². The lowest BCUT2D eigenvalue weighted by atomic mass is 10.4. The molecule has 1 radical (unpaired) electrons. The molecular formula is C15H15OSi. The van der Waals surface area contributed by atoms with E-state index in [1.54, 1.807) is 13.4 Å². The molecule has 2 aromatic rings. The van der Waals surface area contributed by atoms with Crippen molar-refractivity contribution in [3.05, 3.63) is 72.6 Å². The third-order valence-corrected chi connectivity index (χ3v) is 4.92. The predicted molar refractivity (Wildman–Crippen MR) is 74.1 cm³/mol. The minimum atomic E-state index is -0.868. The van der Waals surface area contributed by atoms with E-state index < -0.39 is 8.80 Å². The minimum absolute atomic E-state index is 0.868. The molecule has 0 aliphatic heterocycles. The van der Waals surface area contributed by atoms with E-state index in [1.165, 1.54) is 10.4 Å². The Kier molecular flexibility index (Phi) is 4.16. The molecule has 0 bridgehead atoms. The lowest BCUT2D eigenvalue weighted by molar-refractivity contribution is 0.339. The normalized spacial score (nSPS) is 10.9. The highest BCUT2D eigenvalue weighted by atomic mass is 28.3. The summed E-state index contributed by atoms with van der Waals surface area (Å²) in [5.74, 6) is 0. The van der Waals surface area contributed by atoms with Gasteiger partial charge in [0.1, 0.15) is 8.80 Å². The van der Waals surface area contributed by atoms with Crippen LogP contribution in [-0.2, 0) is 4.74 Å². The molecule has 2 aromatic carbocycles. The Labute approximate surface area is 104 Å². The molecule has 0 atom stereocenters. The van der Waals surface area contributed by atoms with Crippen LogP contribution in [0.3, 0.4) is 0 Å². The van der Waals surface area contributed by atoms with Crippen molar-refractivity contribution in [3.63, 3.8) is 0 Å². The molecule has 2 heteroatoms. The maximum atomic E-state index is 5.06. The standard InChI is InChI=1S/C15H15OSi/c1-16-12-13-17(14-8-4-2-5-9-14)15-10-6-3-7-11-15/h2-13H,1H3. The van der Waals surface area contributed by atoms with E-state index in [0.717, 1.165) is 0 Å². The van der Waals surface area contributed by atoms with Crippen molar-refractivity contribution in [2.24, 2.45) is 0 Å². The average Bonchev–Trinajstić information content (AvgIpc) is 2.42. The number of rotatable bonds is 4. The van der Waals surface area contributed by atoms with Crippen molar-refractivity contribution < 1.29 is 4.74 Å². The molecule has 0 N–H and O–H groups in total. The van der Waals surface area contributed by atoms with Gasteiger partial charge in [0, 0.05) is 0 Å². The molecule has 0 aliphatic rings. The zero-order valence-electron chi connectivity index (χ0n) is 9.84. The van der Waals surface area contributed by atoms with Gasteiger partial charge in [-0.15, -0.1) is 0 Å². The second-order valence-electron chi connectivity index (χ2n) is 3.68. The first-order valence-corrected chi connectivity index (χ1v) is 7.16. The van der Waals surface area contributed by atoms with Gasteiger partial charge in [0.2, 0.25) is 0 Å². The lowest BCUT2D eigenvalue weighted by Gasteiger charge is -2.11. The molecule has 2 rings (SSSR count). The smallest absolute Gasteiger partial charge is 0.150 e. The Hall–Kier alpha value is -1.80. The van der Waals surface area contributed by atoms with Crippen molar-refractivity contribution in [2.75, 3.05) is 7.11 Å². The predicted octanol–water partition coefficient (Wildman–Crippen LogP) is 1.99. The van der Waals surface area contributed by atoms with Crippen LogP contribution < -0.4 is 10.4 Å². The Morgan fingerprint density at radius 3 is 1.71 bits per heavy atom. The van der Waals surface area contributed by atoms with Crippen LogP contribution >= 0.6 is 0 Å². The zero-order chi connectivity index (χ0) is 11.9. The minimum Gasteiger partial charge on any atom is -0.505 e. The van der Waals surface area contributed by atoms with Crippen molar-refractivity contribution in [1.82, 2.24) is 0 Å². The molecule has 0 fully saturated rings. The van der Waals surface area contributed by atoms with E-state index in [0.29, 0.717) is 0 Å². The summed E-state index contributed by atoms with van der Waals surface area (Å²) < 4.78 is 5.06. The number of methoxy groups -OCH3 is 1. The van der Waals surface area contributed by atoms with Crippen molar-refractivity contribution in [3.8, 4) is 0 Å². The van der Waals surface area contributed by atoms with Crippen LogP contribution in [0.4, 0.5) is 0 Å². The largest absolute Gasteiger partial charge is 0.505 e. The van der Waals surface area contributed by atoms with Crippen LogP contribution in [0.15, 0.2) is 72.6 Å². The summed E-state index contributed by atoms with van der Waals surface area (Å²) in [7, 11) is 0.819. The third-order valence-electron chi connectivity index (χ3n) is 2.54. The summed E-state index contributed by atoms with van der Waals surface area (Å²) >= 11 is 0. The second-order valence-corrected chi connectivity index (χ2v) is 6.00. The van der Waals surface area contributed by atoms with E-state index >= 15 is 0 Å². The van der Waals surface area contributed by atoms with Crippen molar-refractivity contribution >= 4 is 19.2 Å². The molecule has 0 aromatic heterocycles. The molecule has 85 valence electrons. The van der Waals surface area contributed by atoms with Crippen molar-refractivity contribution in [2.45, 2.75) is 0 Å². The van der Waals surface area contributed by atoms with E-state index in [2.05, 4.69) is 54.2 Å². The van der Waals surface area contributed by atoms with E-state index in [4.69, 9.17) is 4.74 Å². The molecule has 0 aliphatic carbocycles. The lowest BCUT2D eigenvalue weighted by Crippen LogP contribution is -2.40. The fourth-order valence-corrected chi connectivity index (χ4v) is 3.82. The van der Waals surface area contributed by atoms with Crippen LogP contribution in [-0.4, -0.2) is 15.9 Å². The number of benzene rings is 2. The molecule has 0 unspecified atom stereocenters. The van der Waals surface area contributed by atoms with Gasteiger partial charge in [-0.05, 0) is 0 Å². The summed E-state index contributed by atoms with van der Waals surface area (Å²) in [4.78, 5) is 0. The molecule has 17 heavy (non-hydrogen) atoms. The molecule has 0 amide bonds. The fraction of sp³-hybridized carbons (Fsp3) is 0.0667. The van der Waals surface area contributed by atoms with Gasteiger partial charge < -0.3 is 4.74 Å². The first-order chi connectivity index (χ1) is 8.42. The Balaban J connectivity index is 2.36. The van der Waals surface area contributed by atoms with E-state index in [9.17, 15) is 0 Å². The molecule has 0 spiro atoms. The summed E-state index contributed by atoms with van der Waals surface area (Å²) in [6.45, 7) is 0. The molecule has 0 heterocycles. The van der Waals surface area contributed by atoms with Gasteiger partial charge in [-0.2, -0.15) is 0 Å².